The van der Waals surface area contributed by atoms with E-state index in [2.05, 4.69) is 26.6 Å². The van der Waals surface area contributed by atoms with Crippen molar-refractivity contribution >= 4 is 50.6 Å². The zero-order valence-electron chi connectivity index (χ0n) is 9.24. The van der Waals surface area contributed by atoms with Crippen LogP contribution in [0.2, 0.25) is 5.02 Å². The molecule has 2 rings (SSSR count). The number of rotatable bonds is 3. The number of halogens is 2. The number of nitrogens with one attached hydrogen (secondary N) is 2. The number of carbonyl (C=O) groups is 1. The molecule has 1 aromatic heterocycles. The third-order valence-corrected chi connectivity index (χ3v) is 4.19. The molecule has 18 heavy (non-hydrogen) atoms. The van der Waals surface area contributed by atoms with Gasteiger partial charge in [-0.3, -0.25) is 0 Å². The Morgan fingerprint density at radius 2 is 2.17 bits per heavy atom. The fraction of sp³-hybridized carbons (Fsp3) is 0.0833. The number of amides is 2. The molecular formula is C12H10BrClN2OS. The number of para-hydroxylation sites is 1. The van der Waals surface area contributed by atoms with Crippen LogP contribution in [-0.4, -0.2) is 6.03 Å². The average molecular weight is 346 g/mol. The fourth-order valence-corrected chi connectivity index (χ4v) is 2.92. The minimum absolute atomic E-state index is 0.271. The highest BCUT2D eigenvalue weighted by molar-refractivity contribution is 9.10. The van der Waals surface area contributed by atoms with Crippen molar-refractivity contribution in [3.63, 3.8) is 0 Å². The van der Waals surface area contributed by atoms with Crippen LogP contribution in [-0.2, 0) is 6.54 Å². The van der Waals surface area contributed by atoms with Crippen LogP contribution in [0.3, 0.4) is 0 Å². The highest BCUT2D eigenvalue weighted by Crippen LogP contribution is 2.21. The van der Waals surface area contributed by atoms with Crippen molar-refractivity contribution in [3.05, 3.63) is 50.1 Å². The van der Waals surface area contributed by atoms with Gasteiger partial charge in [-0.2, -0.15) is 0 Å². The lowest BCUT2D eigenvalue weighted by atomic mass is 10.3. The van der Waals surface area contributed by atoms with Crippen LogP contribution in [0.1, 0.15) is 4.88 Å². The lowest BCUT2D eigenvalue weighted by Crippen LogP contribution is -2.27. The van der Waals surface area contributed by atoms with Gasteiger partial charge in [-0.05, 0) is 34.1 Å². The second-order valence-corrected chi connectivity index (χ2v) is 5.84. The normalized spacial score (nSPS) is 10.1. The summed E-state index contributed by atoms with van der Waals surface area (Å²) in [6.45, 7) is 0.493. The predicted octanol–water partition coefficient (Wildman–Crippen LogP) is 4.49. The summed E-state index contributed by atoms with van der Waals surface area (Å²) in [6.07, 6.45) is 0. The van der Waals surface area contributed by atoms with Gasteiger partial charge in [0.25, 0.3) is 0 Å². The van der Waals surface area contributed by atoms with Crippen molar-refractivity contribution in [2.75, 3.05) is 5.32 Å². The van der Waals surface area contributed by atoms with Gasteiger partial charge in [0.2, 0.25) is 0 Å². The third-order valence-electron chi connectivity index (χ3n) is 2.17. The molecule has 0 unspecified atom stereocenters. The molecule has 0 radical (unpaired) electrons. The maximum atomic E-state index is 11.7. The van der Waals surface area contributed by atoms with E-state index in [4.69, 9.17) is 11.6 Å². The lowest BCUT2D eigenvalue weighted by Gasteiger charge is -2.07. The lowest BCUT2D eigenvalue weighted by molar-refractivity contribution is 0.252. The molecule has 6 heteroatoms. The molecule has 0 saturated carbocycles. The number of urea groups is 1. The Morgan fingerprint density at radius 3 is 2.83 bits per heavy atom. The number of anilines is 1. The minimum atomic E-state index is -0.271. The topological polar surface area (TPSA) is 41.1 Å². The van der Waals surface area contributed by atoms with E-state index in [0.717, 1.165) is 9.35 Å². The highest BCUT2D eigenvalue weighted by atomic mass is 79.9. The number of hydrogen-bond donors (Lipinski definition) is 2. The molecule has 0 saturated heterocycles. The summed E-state index contributed by atoms with van der Waals surface area (Å²) >= 11 is 10.9. The van der Waals surface area contributed by atoms with E-state index in [9.17, 15) is 4.79 Å². The zero-order chi connectivity index (χ0) is 13.0. The van der Waals surface area contributed by atoms with Gasteiger partial charge in [-0.25, -0.2) is 4.79 Å². The summed E-state index contributed by atoms with van der Waals surface area (Å²) in [5.74, 6) is 0. The molecule has 0 fully saturated rings. The van der Waals surface area contributed by atoms with Gasteiger partial charge in [0.15, 0.2) is 0 Å². The Kier molecular flexibility index (Phi) is 4.63. The second-order valence-electron chi connectivity index (χ2n) is 3.52. The summed E-state index contributed by atoms with van der Waals surface area (Å²) in [5.41, 5.74) is 0.601. The van der Waals surface area contributed by atoms with Gasteiger partial charge in [0.05, 0.1) is 17.3 Å². The summed E-state index contributed by atoms with van der Waals surface area (Å²) in [6, 6.07) is 8.82. The maximum Gasteiger partial charge on any atom is 0.319 e. The number of benzene rings is 1. The van der Waals surface area contributed by atoms with Crippen molar-refractivity contribution in [2.24, 2.45) is 0 Å². The van der Waals surface area contributed by atoms with E-state index in [1.807, 2.05) is 23.6 Å². The smallest absolute Gasteiger partial charge is 0.319 e. The van der Waals surface area contributed by atoms with E-state index in [1.165, 1.54) is 0 Å². The highest BCUT2D eigenvalue weighted by Gasteiger charge is 2.05. The van der Waals surface area contributed by atoms with E-state index in [1.54, 1.807) is 23.5 Å². The molecule has 2 amide bonds. The molecular weight excluding hydrogens is 336 g/mol. The first-order valence-corrected chi connectivity index (χ1v) is 7.22. The molecule has 94 valence electrons. The van der Waals surface area contributed by atoms with Crippen LogP contribution >= 0.6 is 38.9 Å². The van der Waals surface area contributed by atoms with Crippen LogP contribution in [0.15, 0.2) is 40.2 Å². The molecule has 0 aliphatic carbocycles. The van der Waals surface area contributed by atoms with E-state index >= 15 is 0 Å². The first kappa shape index (κ1) is 13.4. The third kappa shape index (κ3) is 3.73. The molecule has 1 aromatic carbocycles. The van der Waals surface area contributed by atoms with Crippen LogP contribution in [0.5, 0.6) is 0 Å². The van der Waals surface area contributed by atoms with Crippen molar-refractivity contribution < 1.29 is 4.79 Å². The number of carbonyl (C=O) groups excluding carboxylic acids is 1. The maximum absolute atomic E-state index is 11.7. The van der Waals surface area contributed by atoms with Gasteiger partial charge < -0.3 is 10.6 Å². The van der Waals surface area contributed by atoms with Crippen molar-refractivity contribution in [2.45, 2.75) is 6.54 Å². The minimum Gasteiger partial charge on any atom is -0.333 e. The molecule has 0 bridgehead atoms. The summed E-state index contributed by atoms with van der Waals surface area (Å²) < 4.78 is 1.02. The standard InChI is InChI=1S/C12H10BrClN2OS/c13-8-5-9(18-7-8)6-15-12(17)16-11-4-2-1-3-10(11)14/h1-5,7H,6H2,(H2,15,16,17). The molecule has 0 aliphatic heterocycles. The molecule has 0 spiro atoms. The van der Waals surface area contributed by atoms with Crippen LogP contribution in [0, 0.1) is 0 Å². The van der Waals surface area contributed by atoms with Crippen LogP contribution in [0.25, 0.3) is 0 Å². The van der Waals surface area contributed by atoms with Gasteiger partial charge in [-0.15, -0.1) is 11.3 Å². The molecule has 0 atom stereocenters. The number of hydrogen-bond acceptors (Lipinski definition) is 2. The fourth-order valence-electron chi connectivity index (χ4n) is 1.34. The van der Waals surface area contributed by atoms with Crippen LogP contribution < -0.4 is 10.6 Å². The SMILES string of the molecule is O=C(NCc1cc(Br)cs1)Nc1ccccc1Cl. The van der Waals surface area contributed by atoms with E-state index < -0.39 is 0 Å². The molecule has 0 aliphatic rings. The molecule has 2 aromatic rings. The molecule has 3 nitrogen and oxygen atoms in total. The van der Waals surface area contributed by atoms with Gasteiger partial charge >= 0.3 is 6.03 Å². The van der Waals surface area contributed by atoms with E-state index in [0.29, 0.717) is 17.3 Å². The van der Waals surface area contributed by atoms with Crippen molar-refractivity contribution in [1.29, 1.82) is 0 Å². The second kappa shape index (κ2) is 6.22. The summed E-state index contributed by atoms with van der Waals surface area (Å²) in [7, 11) is 0. The van der Waals surface area contributed by atoms with E-state index in [-0.39, 0.29) is 6.03 Å². The number of thiophene rings is 1. The molecule has 1 heterocycles. The largest absolute Gasteiger partial charge is 0.333 e. The Bertz CT molecular complexity index is 559. The Morgan fingerprint density at radius 1 is 1.39 bits per heavy atom. The molecule has 2 N–H and O–H groups in total. The first-order chi connectivity index (χ1) is 8.65. The van der Waals surface area contributed by atoms with Crippen molar-refractivity contribution in [1.82, 2.24) is 5.32 Å². The Hall–Kier alpha value is -1.04. The zero-order valence-corrected chi connectivity index (χ0v) is 12.4. The average Bonchev–Trinajstić information content (AvgIpc) is 2.76. The van der Waals surface area contributed by atoms with Gasteiger partial charge in [0, 0.05) is 14.7 Å². The summed E-state index contributed by atoms with van der Waals surface area (Å²) in [4.78, 5) is 12.7. The van der Waals surface area contributed by atoms with Crippen molar-refractivity contribution in [3.8, 4) is 0 Å². The van der Waals surface area contributed by atoms with Gasteiger partial charge in [0.1, 0.15) is 0 Å². The predicted molar refractivity (Wildman–Crippen MR) is 79.3 cm³/mol. The first-order valence-electron chi connectivity index (χ1n) is 5.17. The Labute approximate surface area is 122 Å². The quantitative estimate of drug-likeness (QED) is 0.845. The monoisotopic (exact) mass is 344 g/mol. The van der Waals surface area contributed by atoms with Crippen LogP contribution in [0.4, 0.5) is 10.5 Å². The summed E-state index contributed by atoms with van der Waals surface area (Å²) in [5, 5.41) is 7.96. The van der Waals surface area contributed by atoms with Gasteiger partial charge in [-0.1, -0.05) is 23.7 Å². The Balaban J connectivity index is 1.88.